The average molecular weight is 266 g/mol. The molecule has 2 rings (SSSR count). The van der Waals surface area contributed by atoms with Crippen molar-refractivity contribution in [3.8, 4) is 17.2 Å². The van der Waals surface area contributed by atoms with Gasteiger partial charge in [0.2, 0.25) is 0 Å². The first-order valence-electron chi connectivity index (χ1n) is 6.67. The van der Waals surface area contributed by atoms with Crippen molar-refractivity contribution >= 4 is 0 Å². The molecule has 0 unspecified atom stereocenters. The molecule has 1 fully saturated rings. The van der Waals surface area contributed by atoms with Crippen LogP contribution in [0.4, 0.5) is 0 Å². The molecule has 0 radical (unpaired) electrons. The summed E-state index contributed by atoms with van der Waals surface area (Å²) in [6, 6.07) is 3.87. The predicted molar refractivity (Wildman–Crippen MR) is 73.3 cm³/mol. The third-order valence-corrected chi connectivity index (χ3v) is 3.87. The average Bonchev–Trinajstić information content (AvgIpc) is 2.46. The number of hydrogen-bond acceptors (Lipinski definition) is 4. The van der Waals surface area contributed by atoms with Crippen LogP contribution in [0.5, 0.6) is 17.2 Å². The minimum atomic E-state index is -0.151. The summed E-state index contributed by atoms with van der Waals surface area (Å²) in [5.41, 5.74) is 1.15. The number of aliphatic hydroxyl groups excluding tert-OH is 1. The summed E-state index contributed by atoms with van der Waals surface area (Å²) in [5, 5.41) is 9.61. The smallest absolute Gasteiger partial charge is 0.164 e. The SMILES string of the molecule is COc1cc(OC)c(C2CCC(O)CC2)cc1OC. The van der Waals surface area contributed by atoms with E-state index in [4.69, 9.17) is 14.2 Å². The molecule has 0 spiro atoms. The molecule has 0 aromatic heterocycles. The zero-order chi connectivity index (χ0) is 13.8. The van der Waals surface area contributed by atoms with E-state index in [2.05, 4.69) is 0 Å². The van der Waals surface area contributed by atoms with E-state index in [0.717, 1.165) is 42.7 Å². The Balaban J connectivity index is 2.32. The summed E-state index contributed by atoms with van der Waals surface area (Å²) in [6.45, 7) is 0. The quantitative estimate of drug-likeness (QED) is 0.910. The van der Waals surface area contributed by atoms with Gasteiger partial charge >= 0.3 is 0 Å². The molecule has 1 saturated carbocycles. The molecule has 4 heteroatoms. The minimum Gasteiger partial charge on any atom is -0.496 e. The van der Waals surface area contributed by atoms with Gasteiger partial charge in [0.25, 0.3) is 0 Å². The summed E-state index contributed by atoms with van der Waals surface area (Å²) < 4.78 is 16.1. The number of benzene rings is 1. The first-order valence-corrected chi connectivity index (χ1v) is 6.67. The van der Waals surface area contributed by atoms with Crippen molar-refractivity contribution in [2.75, 3.05) is 21.3 Å². The largest absolute Gasteiger partial charge is 0.496 e. The van der Waals surface area contributed by atoms with Crippen molar-refractivity contribution < 1.29 is 19.3 Å². The van der Waals surface area contributed by atoms with E-state index >= 15 is 0 Å². The Bertz CT molecular complexity index is 422. The summed E-state index contributed by atoms with van der Waals surface area (Å²) in [5.74, 6) is 2.65. The lowest BCUT2D eigenvalue weighted by atomic mass is 9.82. The Morgan fingerprint density at radius 2 is 1.37 bits per heavy atom. The number of rotatable bonds is 4. The molecule has 1 aromatic rings. The Labute approximate surface area is 114 Å². The molecule has 0 heterocycles. The van der Waals surface area contributed by atoms with Crippen LogP contribution >= 0.6 is 0 Å². The topological polar surface area (TPSA) is 47.9 Å². The zero-order valence-electron chi connectivity index (χ0n) is 11.8. The Morgan fingerprint density at radius 3 is 1.89 bits per heavy atom. The maximum absolute atomic E-state index is 9.61. The molecular formula is C15H22O4. The zero-order valence-corrected chi connectivity index (χ0v) is 11.8. The normalized spacial score (nSPS) is 22.9. The highest BCUT2D eigenvalue weighted by Crippen LogP contribution is 2.42. The van der Waals surface area contributed by atoms with Crippen molar-refractivity contribution in [2.45, 2.75) is 37.7 Å². The summed E-state index contributed by atoms with van der Waals surface area (Å²) in [6.07, 6.45) is 3.51. The lowest BCUT2D eigenvalue weighted by Gasteiger charge is -2.27. The highest BCUT2D eigenvalue weighted by atomic mass is 16.5. The standard InChI is InChI=1S/C15H22O4/c1-17-13-9-15(19-3)14(18-2)8-12(13)10-4-6-11(16)7-5-10/h8-11,16H,4-7H2,1-3H3. The van der Waals surface area contributed by atoms with Crippen LogP contribution in [0, 0.1) is 0 Å². The van der Waals surface area contributed by atoms with Gasteiger partial charge in [-0.3, -0.25) is 0 Å². The van der Waals surface area contributed by atoms with Gasteiger partial charge in [0.05, 0.1) is 27.4 Å². The van der Waals surface area contributed by atoms with Crippen molar-refractivity contribution in [3.63, 3.8) is 0 Å². The summed E-state index contributed by atoms with van der Waals surface area (Å²) in [7, 11) is 4.93. The van der Waals surface area contributed by atoms with Gasteiger partial charge in [-0.15, -0.1) is 0 Å². The van der Waals surface area contributed by atoms with Gasteiger partial charge in [0, 0.05) is 11.6 Å². The van der Waals surface area contributed by atoms with Crippen LogP contribution in [-0.4, -0.2) is 32.5 Å². The maximum Gasteiger partial charge on any atom is 0.164 e. The number of aliphatic hydroxyl groups is 1. The maximum atomic E-state index is 9.61. The van der Waals surface area contributed by atoms with Gasteiger partial charge in [-0.25, -0.2) is 0 Å². The van der Waals surface area contributed by atoms with Crippen LogP contribution in [0.3, 0.4) is 0 Å². The monoisotopic (exact) mass is 266 g/mol. The van der Waals surface area contributed by atoms with Gasteiger partial charge in [0.1, 0.15) is 5.75 Å². The number of methoxy groups -OCH3 is 3. The van der Waals surface area contributed by atoms with E-state index in [-0.39, 0.29) is 6.10 Å². The Kier molecular flexibility index (Phi) is 4.53. The van der Waals surface area contributed by atoms with Gasteiger partial charge in [-0.2, -0.15) is 0 Å². The van der Waals surface area contributed by atoms with Gasteiger partial charge in [0.15, 0.2) is 11.5 Å². The lowest BCUT2D eigenvalue weighted by Crippen LogP contribution is -2.17. The first kappa shape index (κ1) is 14.0. The molecule has 106 valence electrons. The van der Waals surface area contributed by atoms with E-state index in [1.807, 2.05) is 12.1 Å². The van der Waals surface area contributed by atoms with Crippen molar-refractivity contribution in [3.05, 3.63) is 17.7 Å². The molecule has 0 aliphatic heterocycles. The number of hydrogen-bond donors (Lipinski definition) is 1. The summed E-state index contributed by atoms with van der Waals surface area (Å²) >= 11 is 0. The summed E-state index contributed by atoms with van der Waals surface area (Å²) in [4.78, 5) is 0. The third-order valence-electron chi connectivity index (χ3n) is 3.87. The molecular weight excluding hydrogens is 244 g/mol. The van der Waals surface area contributed by atoms with Crippen molar-refractivity contribution in [1.29, 1.82) is 0 Å². The molecule has 0 saturated heterocycles. The van der Waals surface area contributed by atoms with Crippen LogP contribution in [0.25, 0.3) is 0 Å². The van der Waals surface area contributed by atoms with Gasteiger partial charge < -0.3 is 19.3 Å². The second-order valence-corrected chi connectivity index (χ2v) is 4.95. The molecule has 1 aromatic carbocycles. The van der Waals surface area contributed by atoms with Gasteiger partial charge in [-0.1, -0.05) is 0 Å². The molecule has 1 N–H and O–H groups in total. The third kappa shape index (κ3) is 2.95. The van der Waals surface area contributed by atoms with E-state index in [9.17, 15) is 5.11 Å². The molecule has 0 bridgehead atoms. The van der Waals surface area contributed by atoms with Crippen LogP contribution in [0.1, 0.15) is 37.2 Å². The minimum absolute atomic E-state index is 0.151. The van der Waals surface area contributed by atoms with E-state index in [1.54, 1.807) is 21.3 Å². The molecule has 4 nitrogen and oxygen atoms in total. The second kappa shape index (κ2) is 6.15. The van der Waals surface area contributed by atoms with Crippen LogP contribution < -0.4 is 14.2 Å². The Morgan fingerprint density at radius 1 is 0.842 bits per heavy atom. The van der Waals surface area contributed by atoms with Crippen molar-refractivity contribution in [2.24, 2.45) is 0 Å². The fourth-order valence-electron chi connectivity index (χ4n) is 2.76. The van der Waals surface area contributed by atoms with E-state index in [0.29, 0.717) is 11.7 Å². The molecule has 1 aliphatic carbocycles. The fourth-order valence-corrected chi connectivity index (χ4v) is 2.76. The van der Waals surface area contributed by atoms with E-state index in [1.165, 1.54) is 0 Å². The van der Waals surface area contributed by atoms with Crippen molar-refractivity contribution in [1.82, 2.24) is 0 Å². The lowest BCUT2D eigenvalue weighted by molar-refractivity contribution is 0.122. The van der Waals surface area contributed by atoms with E-state index < -0.39 is 0 Å². The number of ether oxygens (including phenoxy) is 3. The molecule has 19 heavy (non-hydrogen) atoms. The van der Waals surface area contributed by atoms with Crippen LogP contribution in [0.15, 0.2) is 12.1 Å². The van der Waals surface area contributed by atoms with Crippen LogP contribution in [-0.2, 0) is 0 Å². The molecule has 1 aliphatic rings. The Hall–Kier alpha value is -1.42. The second-order valence-electron chi connectivity index (χ2n) is 4.95. The molecule has 0 amide bonds. The fraction of sp³-hybridized carbons (Fsp3) is 0.600. The highest BCUT2D eigenvalue weighted by Gasteiger charge is 2.25. The van der Waals surface area contributed by atoms with Gasteiger partial charge in [-0.05, 0) is 37.7 Å². The first-order chi connectivity index (χ1) is 9.19. The highest BCUT2D eigenvalue weighted by molar-refractivity contribution is 5.52. The predicted octanol–water partition coefficient (Wildman–Crippen LogP) is 2.73. The molecule has 0 atom stereocenters. The van der Waals surface area contributed by atoms with Crippen LogP contribution in [0.2, 0.25) is 0 Å².